The molecule has 1 aliphatic heterocycles. The summed E-state index contributed by atoms with van der Waals surface area (Å²) in [6.45, 7) is 0.307. The normalized spacial score (nSPS) is 13.1. The van der Waals surface area contributed by atoms with Crippen molar-refractivity contribution >= 4 is 22.5 Å². The molecule has 6 heteroatoms. The van der Waals surface area contributed by atoms with Crippen LogP contribution in [0.2, 0.25) is 0 Å². The number of carbonyl (C=O) groups is 1. The smallest absolute Gasteiger partial charge is 0.319 e. The lowest BCUT2D eigenvalue weighted by atomic mass is 10.1. The summed E-state index contributed by atoms with van der Waals surface area (Å²) in [7, 11) is 0. The summed E-state index contributed by atoms with van der Waals surface area (Å²) in [4.78, 5) is 24.3. The van der Waals surface area contributed by atoms with E-state index in [0.717, 1.165) is 5.56 Å². The molecule has 1 aromatic heterocycles. The fourth-order valence-corrected chi connectivity index (χ4v) is 2.05. The van der Waals surface area contributed by atoms with E-state index in [-0.39, 0.29) is 0 Å². The number of hydrogen-bond acceptors (Lipinski definition) is 4. The number of aromatic nitrogens is 2. The number of nitrogens with zero attached hydrogens (tertiary/aromatic N) is 3. The molecule has 83 valence electrons. The molecule has 2 heterocycles. The van der Waals surface area contributed by atoms with Gasteiger partial charge >= 0.3 is 6.03 Å². The Hall–Kier alpha value is -2.50. The van der Waals surface area contributed by atoms with Crippen LogP contribution in [0.1, 0.15) is 5.56 Å². The lowest BCUT2D eigenvalue weighted by molar-refractivity contribution is 0.254. The Morgan fingerprint density at radius 1 is 1.47 bits per heavy atom. The van der Waals surface area contributed by atoms with Crippen LogP contribution in [0.15, 0.2) is 23.1 Å². The molecule has 1 aliphatic rings. The molecule has 0 bridgehead atoms. The number of benzene rings is 1. The number of primary amides is 1. The van der Waals surface area contributed by atoms with E-state index in [1.165, 1.54) is 11.1 Å². The second-order valence-corrected chi connectivity index (χ2v) is 3.73. The van der Waals surface area contributed by atoms with E-state index >= 15 is 0 Å². The predicted octanol–water partition coefficient (Wildman–Crippen LogP) is 0.189. The van der Waals surface area contributed by atoms with Gasteiger partial charge < -0.3 is 5.73 Å². The van der Waals surface area contributed by atoms with Gasteiger partial charge in [0.25, 0.3) is 5.56 Å². The van der Waals surface area contributed by atoms with Gasteiger partial charge in [0.1, 0.15) is 0 Å². The monoisotopic (exact) mass is 227 g/mol. The molecule has 0 atom stereocenters. The van der Waals surface area contributed by atoms with Gasteiger partial charge in [-0.2, -0.15) is 5.10 Å². The maximum atomic E-state index is 11.7. The fourth-order valence-electron chi connectivity index (χ4n) is 2.05. The molecule has 3 rings (SSSR count). The number of urea groups is 1. The van der Waals surface area contributed by atoms with Crippen LogP contribution in [0, 0.1) is 6.07 Å². The van der Waals surface area contributed by atoms with Crippen molar-refractivity contribution in [3.63, 3.8) is 0 Å². The van der Waals surface area contributed by atoms with Crippen molar-refractivity contribution in [2.75, 3.05) is 4.90 Å². The molecule has 2 aromatic rings. The van der Waals surface area contributed by atoms with Crippen molar-refractivity contribution in [1.29, 1.82) is 0 Å². The van der Waals surface area contributed by atoms with Crippen molar-refractivity contribution in [2.24, 2.45) is 5.73 Å². The van der Waals surface area contributed by atoms with E-state index < -0.39 is 11.6 Å². The maximum absolute atomic E-state index is 11.7. The van der Waals surface area contributed by atoms with Gasteiger partial charge in [-0.15, -0.1) is 5.10 Å². The highest BCUT2D eigenvalue weighted by Crippen LogP contribution is 2.34. The molecular formula is C11H7N4O2. The molecule has 1 aromatic carbocycles. The zero-order chi connectivity index (χ0) is 12.0. The van der Waals surface area contributed by atoms with E-state index in [4.69, 9.17) is 5.73 Å². The fraction of sp³-hybridized carbons (Fsp3) is 0.0909. The van der Waals surface area contributed by atoms with Crippen LogP contribution in [0.4, 0.5) is 10.5 Å². The molecule has 0 aliphatic carbocycles. The number of amides is 2. The molecule has 17 heavy (non-hydrogen) atoms. The number of rotatable bonds is 0. The lowest BCUT2D eigenvalue weighted by Gasteiger charge is -2.13. The topological polar surface area (TPSA) is 89.2 Å². The first-order chi connectivity index (χ1) is 8.18. The molecule has 0 spiro atoms. The number of anilines is 1. The second-order valence-electron chi connectivity index (χ2n) is 3.73. The first-order valence-corrected chi connectivity index (χ1v) is 4.94. The SMILES string of the molecule is NC(=O)N1Cc2cnnc(=O)c3c[c]cc1c23. The van der Waals surface area contributed by atoms with Gasteiger partial charge in [-0.3, -0.25) is 9.69 Å². The van der Waals surface area contributed by atoms with Crippen molar-refractivity contribution < 1.29 is 4.79 Å². The summed E-state index contributed by atoms with van der Waals surface area (Å²) < 4.78 is 0. The highest BCUT2D eigenvalue weighted by atomic mass is 16.2. The molecule has 0 saturated heterocycles. The molecule has 0 unspecified atom stereocenters. The molecule has 1 radical (unpaired) electrons. The van der Waals surface area contributed by atoms with Gasteiger partial charge in [0, 0.05) is 10.9 Å². The third-order valence-electron chi connectivity index (χ3n) is 2.77. The zero-order valence-electron chi connectivity index (χ0n) is 8.67. The highest BCUT2D eigenvalue weighted by molar-refractivity contribution is 6.06. The van der Waals surface area contributed by atoms with Crippen molar-refractivity contribution in [1.82, 2.24) is 10.2 Å². The van der Waals surface area contributed by atoms with Crippen molar-refractivity contribution in [2.45, 2.75) is 6.54 Å². The Morgan fingerprint density at radius 3 is 3.06 bits per heavy atom. The summed E-state index contributed by atoms with van der Waals surface area (Å²) >= 11 is 0. The summed E-state index contributed by atoms with van der Waals surface area (Å²) in [5.41, 5.74) is 6.19. The van der Waals surface area contributed by atoms with Crippen molar-refractivity contribution in [3.05, 3.63) is 40.3 Å². The minimum atomic E-state index is -0.565. The van der Waals surface area contributed by atoms with E-state index in [9.17, 15) is 9.59 Å². The standard InChI is InChI=1S/C11H7N4O2/c12-11(17)15-5-6-4-13-14-10(16)7-2-1-3-8(15)9(6)7/h2-4H,5H2,(H2,12,17). The van der Waals surface area contributed by atoms with Gasteiger partial charge in [-0.05, 0) is 18.2 Å². The molecule has 0 saturated carbocycles. The molecule has 0 fully saturated rings. The number of hydrogen-bond donors (Lipinski definition) is 1. The van der Waals surface area contributed by atoms with E-state index in [1.807, 2.05) is 0 Å². The Bertz CT molecular complexity index is 699. The van der Waals surface area contributed by atoms with E-state index in [1.54, 1.807) is 12.1 Å². The third-order valence-corrected chi connectivity index (χ3v) is 2.77. The Morgan fingerprint density at radius 2 is 2.29 bits per heavy atom. The summed E-state index contributed by atoms with van der Waals surface area (Å²) in [6, 6.07) is 5.42. The van der Waals surface area contributed by atoms with E-state index in [0.29, 0.717) is 23.0 Å². The molecular weight excluding hydrogens is 220 g/mol. The van der Waals surface area contributed by atoms with Crippen LogP contribution >= 0.6 is 0 Å². The molecule has 6 nitrogen and oxygen atoms in total. The summed E-state index contributed by atoms with van der Waals surface area (Å²) in [5.74, 6) is 0. The van der Waals surface area contributed by atoms with Crippen LogP contribution < -0.4 is 16.2 Å². The minimum Gasteiger partial charge on any atom is -0.351 e. The number of nitrogens with two attached hydrogens (primary N) is 1. The molecule has 2 N–H and O–H groups in total. The van der Waals surface area contributed by atoms with Gasteiger partial charge in [-0.25, -0.2) is 4.79 Å². The van der Waals surface area contributed by atoms with E-state index in [2.05, 4.69) is 16.3 Å². The molecule has 2 amide bonds. The quantitative estimate of drug-likeness (QED) is 0.695. The summed E-state index contributed by atoms with van der Waals surface area (Å²) in [6.07, 6.45) is 1.48. The van der Waals surface area contributed by atoms with Gasteiger partial charge in [0.2, 0.25) is 0 Å². The first-order valence-electron chi connectivity index (χ1n) is 4.94. The Balaban J connectivity index is 2.48. The summed E-state index contributed by atoms with van der Waals surface area (Å²) in [5, 5.41) is 8.26. The second kappa shape index (κ2) is 3.24. The first kappa shape index (κ1) is 9.71. The van der Waals surface area contributed by atoms with Crippen LogP contribution in [0.3, 0.4) is 0 Å². The highest BCUT2D eigenvalue weighted by Gasteiger charge is 2.25. The predicted molar refractivity (Wildman–Crippen MR) is 60.4 cm³/mol. The van der Waals surface area contributed by atoms with Gasteiger partial charge in [0.15, 0.2) is 0 Å². The van der Waals surface area contributed by atoms with Crippen LogP contribution in [0.5, 0.6) is 0 Å². The number of carbonyl (C=O) groups excluding carboxylic acids is 1. The Labute approximate surface area is 95.7 Å². The Kier molecular flexibility index (Phi) is 1.85. The van der Waals surface area contributed by atoms with Crippen molar-refractivity contribution in [3.8, 4) is 0 Å². The minimum absolute atomic E-state index is 0.307. The van der Waals surface area contributed by atoms with Crippen LogP contribution in [-0.2, 0) is 6.54 Å². The lowest BCUT2D eigenvalue weighted by Crippen LogP contribution is -2.32. The van der Waals surface area contributed by atoms with Gasteiger partial charge in [-0.1, -0.05) is 0 Å². The average Bonchev–Trinajstić information content (AvgIpc) is 2.60. The van der Waals surface area contributed by atoms with Gasteiger partial charge in [0.05, 0.1) is 23.8 Å². The van der Waals surface area contributed by atoms with Crippen LogP contribution in [0.25, 0.3) is 10.8 Å². The van der Waals surface area contributed by atoms with Crippen LogP contribution in [-0.4, -0.2) is 16.2 Å². The third kappa shape index (κ3) is 1.27. The zero-order valence-corrected chi connectivity index (χ0v) is 8.67. The largest absolute Gasteiger partial charge is 0.351 e. The average molecular weight is 227 g/mol. The maximum Gasteiger partial charge on any atom is 0.319 e.